The predicted molar refractivity (Wildman–Crippen MR) is 135 cm³/mol. The molecule has 1 aromatic heterocycles. The van der Waals surface area contributed by atoms with Gasteiger partial charge in [0.25, 0.3) is 0 Å². The van der Waals surface area contributed by atoms with Crippen LogP contribution in [0.2, 0.25) is 0 Å². The molecule has 1 saturated carbocycles. The van der Waals surface area contributed by atoms with Gasteiger partial charge in [0.15, 0.2) is 0 Å². The van der Waals surface area contributed by atoms with Crippen LogP contribution in [0.4, 0.5) is 11.4 Å². The fourth-order valence-electron chi connectivity index (χ4n) is 5.56. The van der Waals surface area contributed by atoms with Crippen LogP contribution in [-0.4, -0.2) is 53.2 Å². The van der Waals surface area contributed by atoms with Crippen LogP contribution >= 0.6 is 0 Å². The highest BCUT2D eigenvalue weighted by atomic mass is 16.3. The first-order chi connectivity index (χ1) is 17.1. The van der Waals surface area contributed by atoms with E-state index in [4.69, 9.17) is 0 Å². The first kappa shape index (κ1) is 23.8. The monoisotopic (exact) mass is 477 g/mol. The molecule has 2 aliphatic heterocycles. The Labute approximate surface area is 206 Å². The zero-order valence-electron chi connectivity index (χ0n) is 20.1. The molecule has 186 valence electrons. The van der Waals surface area contributed by atoms with Gasteiger partial charge in [-0.25, -0.2) is 0 Å². The van der Waals surface area contributed by atoms with E-state index in [1.54, 1.807) is 23.4 Å². The number of rotatable bonds is 6. The van der Waals surface area contributed by atoms with Gasteiger partial charge in [-0.15, -0.1) is 0 Å². The second-order valence-electron chi connectivity index (χ2n) is 9.96. The highest BCUT2D eigenvalue weighted by Crippen LogP contribution is 2.34. The number of anilines is 2. The Morgan fingerprint density at radius 2 is 2.00 bits per heavy atom. The van der Waals surface area contributed by atoms with Gasteiger partial charge < -0.3 is 21.1 Å². The minimum absolute atomic E-state index is 0.115. The molecule has 35 heavy (non-hydrogen) atoms. The molecule has 8 heteroatoms. The van der Waals surface area contributed by atoms with Gasteiger partial charge in [-0.05, 0) is 55.9 Å². The fraction of sp³-hybridized carbons (Fsp3) is 0.519. The lowest BCUT2D eigenvalue weighted by Gasteiger charge is -2.35. The van der Waals surface area contributed by atoms with Crippen molar-refractivity contribution in [2.24, 2.45) is 0 Å². The number of carbonyl (C=O) groups excluding carboxylic acids is 2. The fourth-order valence-corrected chi connectivity index (χ4v) is 5.56. The molecular formula is C27H35N5O3. The summed E-state index contributed by atoms with van der Waals surface area (Å²) >= 11 is 0. The van der Waals surface area contributed by atoms with E-state index >= 15 is 0 Å². The highest BCUT2D eigenvalue weighted by molar-refractivity contribution is 6.04. The van der Waals surface area contributed by atoms with Gasteiger partial charge in [0.1, 0.15) is 6.04 Å². The zero-order valence-corrected chi connectivity index (χ0v) is 20.1. The number of benzene rings is 1. The number of carbonyl (C=O) groups is 2. The molecule has 0 bridgehead atoms. The molecule has 8 nitrogen and oxygen atoms in total. The minimum Gasteiger partial charge on any atom is -0.392 e. The van der Waals surface area contributed by atoms with E-state index in [2.05, 4.69) is 20.9 Å². The summed E-state index contributed by atoms with van der Waals surface area (Å²) in [6, 6.07) is 8.31. The van der Waals surface area contributed by atoms with Crippen LogP contribution in [-0.2, 0) is 16.0 Å². The lowest BCUT2D eigenvalue weighted by Crippen LogP contribution is -2.51. The molecule has 4 N–H and O–H groups in total. The quantitative estimate of drug-likeness (QED) is 0.510. The minimum atomic E-state index is -0.862. The smallest absolute Gasteiger partial charge is 0.248 e. The number of nitrogens with one attached hydrogen (secondary N) is 3. The molecular weight excluding hydrogens is 442 g/mol. The van der Waals surface area contributed by atoms with Crippen LogP contribution in [0.5, 0.6) is 0 Å². The second kappa shape index (κ2) is 10.7. The van der Waals surface area contributed by atoms with E-state index in [0.717, 1.165) is 50.8 Å². The number of pyridine rings is 1. The summed E-state index contributed by atoms with van der Waals surface area (Å²) < 4.78 is 0. The summed E-state index contributed by atoms with van der Waals surface area (Å²) in [4.78, 5) is 33.8. The van der Waals surface area contributed by atoms with Crippen LogP contribution in [0.25, 0.3) is 0 Å². The molecule has 3 heterocycles. The first-order valence-electron chi connectivity index (χ1n) is 12.9. The standard InChI is InChI=1S/C27H35N5O3/c33-22-15-24(30-17-22)27(35)32(21-11-10-18-6-5-13-29-23(18)14-21)25(19-7-4-12-28-16-19)26(34)31-20-8-2-1-3-9-20/h4,7,10-12,14,16,20,22,24-25,29-30,33H,1-3,5-6,8-9,13,15,17H2,(H,31,34)/t22-,24-,25?/m1/s1. The number of aliphatic hydroxyl groups is 1. The predicted octanol–water partition coefficient (Wildman–Crippen LogP) is 2.69. The topological polar surface area (TPSA) is 107 Å². The van der Waals surface area contributed by atoms with E-state index in [-0.39, 0.29) is 17.9 Å². The third-order valence-corrected chi connectivity index (χ3v) is 7.41. The Balaban J connectivity index is 1.55. The van der Waals surface area contributed by atoms with Gasteiger partial charge in [0.2, 0.25) is 11.8 Å². The summed E-state index contributed by atoms with van der Waals surface area (Å²) in [6.07, 6.45) is 10.5. The molecule has 1 unspecified atom stereocenters. The van der Waals surface area contributed by atoms with Crippen LogP contribution in [0.3, 0.4) is 0 Å². The lowest BCUT2D eigenvalue weighted by molar-refractivity contribution is -0.128. The number of aliphatic hydroxyl groups excluding tert-OH is 1. The van der Waals surface area contributed by atoms with E-state index in [9.17, 15) is 14.7 Å². The normalized spacial score (nSPS) is 23.1. The summed E-state index contributed by atoms with van der Waals surface area (Å²) in [7, 11) is 0. The van der Waals surface area contributed by atoms with Crippen molar-refractivity contribution in [3.05, 3.63) is 53.9 Å². The summed E-state index contributed by atoms with van der Waals surface area (Å²) in [5, 5.41) is 19.9. The van der Waals surface area contributed by atoms with Crippen molar-refractivity contribution in [3.8, 4) is 0 Å². The summed E-state index contributed by atoms with van der Waals surface area (Å²) in [5.41, 5.74) is 3.55. The number of β-amino-alcohol motifs (C(OH)–C–C–N with tert-alkyl or cyclic N) is 1. The Hall–Kier alpha value is -2.97. The number of fused-ring (bicyclic) bond motifs is 1. The maximum atomic E-state index is 14.0. The van der Waals surface area contributed by atoms with Crippen molar-refractivity contribution < 1.29 is 14.7 Å². The van der Waals surface area contributed by atoms with Crippen LogP contribution < -0.4 is 20.9 Å². The van der Waals surface area contributed by atoms with Crippen molar-refractivity contribution in [2.45, 2.75) is 75.6 Å². The van der Waals surface area contributed by atoms with Gasteiger partial charge in [-0.3, -0.25) is 19.5 Å². The van der Waals surface area contributed by atoms with Crippen molar-refractivity contribution in [1.82, 2.24) is 15.6 Å². The highest BCUT2D eigenvalue weighted by Gasteiger charge is 2.39. The molecule has 0 spiro atoms. The van der Waals surface area contributed by atoms with Gasteiger partial charge in [0.05, 0.1) is 12.1 Å². The number of amides is 2. The lowest BCUT2D eigenvalue weighted by atomic mass is 9.94. The second-order valence-corrected chi connectivity index (χ2v) is 9.96. The largest absolute Gasteiger partial charge is 0.392 e. The number of hydrogen-bond donors (Lipinski definition) is 4. The van der Waals surface area contributed by atoms with Crippen LogP contribution in [0.1, 0.15) is 62.1 Å². The van der Waals surface area contributed by atoms with Gasteiger partial charge in [0, 0.05) is 48.5 Å². The Morgan fingerprint density at radius 3 is 2.74 bits per heavy atom. The number of hydrogen-bond acceptors (Lipinski definition) is 6. The van der Waals surface area contributed by atoms with Gasteiger partial charge in [-0.1, -0.05) is 31.4 Å². The van der Waals surface area contributed by atoms with Gasteiger partial charge >= 0.3 is 0 Å². The van der Waals surface area contributed by atoms with Crippen molar-refractivity contribution in [2.75, 3.05) is 23.3 Å². The molecule has 0 radical (unpaired) electrons. The molecule has 2 amide bonds. The zero-order chi connectivity index (χ0) is 24.2. The number of aromatic nitrogens is 1. The van der Waals surface area contributed by atoms with E-state index in [1.165, 1.54) is 12.0 Å². The Bertz CT molecular complexity index is 1040. The molecule has 1 aromatic carbocycles. The number of nitrogens with zero attached hydrogens (tertiary/aromatic N) is 2. The number of aryl methyl sites for hydroxylation is 1. The third-order valence-electron chi connectivity index (χ3n) is 7.41. The van der Waals surface area contributed by atoms with E-state index in [1.807, 2.05) is 24.3 Å². The molecule has 3 atom stereocenters. The molecule has 3 aliphatic rings. The first-order valence-corrected chi connectivity index (χ1v) is 12.9. The molecule has 1 aliphatic carbocycles. The summed E-state index contributed by atoms with van der Waals surface area (Å²) in [5.74, 6) is -0.410. The molecule has 2 aromatic rings. The maximum absolute atomic E-state index is 14.0. The maximum Gasteiger partial charge on any atom is 0.248 e. The molecule has 5 rings (SSSR count). The SMILES string of the molecule is O=C(NC1CCCCC1)C(c1cccnc1)N(C(=O)[C@H]1C[C@@H](O)CN1)c1ccc2c(c1)NCCC2. The van der Waals surface area contributed by atoms with Crippen molar-refractivity contribution in [3.63, 3.8) is 0 Å². The van der Waals surface area contributed by atoms with Crippen LogP contribution in [0.15, 0.2) is 42.7 Å². The molecule has 1 saturated heterocycles. The summed E-state index contributed by atoms with van der Waals surface area (Å²) in [6.45, 7) is 1.25. The van der Waals surface area contributed by atoms with E-state index in [0.29, 0.717) is 24.2 Å². The average molecular weight is 478 g/mol. The Morgan fingerprint density at radius 1 is 1.14 bits per heavy atom. The van der Waals surface area contributed by atoms with E-state index < -0.39 is 18.2 Å². The average Bonchev–Trinajstić information content (AvgIpc) is 3.34. The van der Waals surface area contributed by atoms with Crippen molar-refractivity contribution in [1.29, 1.82) is 0 Å². The van der Waals surface area contributed by atoms with Crippen LogP contribution in [0, 0.1) is 0 Å². The van der Waals surface area contributed by atoms with Crippen molar-refractivity contribution >= 4 is 23.2 Å². The Kier molecular flexibility index (Phi) is 7.29. The van der Waals surface area contributed by atoms with Gasteiger partial charge in [-0.2, -0.15) is 0 Å². The molecule has 2 fully saturated rings. The third kappa shape index (κ3) is 5.33.